The average Bonchev–Trinajstić information content (AvgIpc) is 2.80. The minimum absolute atomic E-state index is 0.243. The second-order valence-corrected chi connectivity index (χ2v) is 5.31. The first-order chi connectivity index (χ1) is 8.16. The van der Waals surface area contributed by atoms with E-state index in [4.69, 9.17) is 4.74 Å². The van der Waals surface area contributed by atoms with Crippen LogP contribution in [-0.4, -0.2) is 6.61 Å². The van der Waals surface area contributed by atoms with E-state index in [0.29, 0.717) is 24.2 Å². The first-order valence-electron chi connectivity index (χ1n) is 6.59. The summed E-state index contributed by atoms with van der Waals surface area (Å²) < 4.78 is 19.2. The van der Waals surface area contributed by atoms with E-state index in [-0.39, 0.29) is 5.82 Å². The molecule has 1 nitrogen and oxygen atoms in total. The second kappa shape index (κ2) is 5.52. The van der Waals surface area contributed by atoms with Gasteiger partial charge in [-0.3, -0.25) is 0 Å². The molecule has 17 heavy (non-hydrogen) atoms. The number of hydrogen-bond donors (Lipinski definition) is 0. The van der Waals surface area contributed by atoms with E-state index in [1.165, 1.54) is 31.7 Å². The van der Waals surface area contributed by atoms with Gasteiger partial charge in [0.05, 0.1) is 6.61 Å². The molecular weight excluding hydrogens is 215 g/mol. The van der Waals surface area contributed by atoms with E-state index in [1.807, 2.05) is 12.1 Å². The molecule has 0 bridgehead atoms. The maximum Gasteiger partial charge on any atom is 0.165 e. The Morgan fingerprint density at radius 2 is 2.00 bits per heavy atom. The van der Waals surface area contributed by atoms with Crippen LogP contribution < -0.4 is 4.74 Å². The van der Waals surface area contributed by atoms with E-state index in [1.54, 1.807) is 0 Å². The minimum atomic E-state index is -0.243. The summed E-state index contributed by atoms with van der Waals surface area (Å²) >= 11 is 0. The van der Waals surface area contributed by atoms with Crippen molar-refractivity contribution < 1.29 is 9.13 Å². The zero-order valence-corrected chi connectivity index (χ0v) is 10.7. The van der Waals surface area contributed by atoms with Crippen molar-refractivity contribution in [1.29, 1.82) is 0 Å². The highest BCUT2D eigenvalue weighted by molar-refractivity contribution is 5.32. The highest BCUT2D eigenvalue weighted by Crippen LogP contribution is 2.28. The molecule has 2 rings (SSSR count). The van der Waals surface area contributed by atoms with Crippen molar-refractivity contribution in [1.82, 2.24) is 0 Å². The summed E-state index contributed by atoms with van der Waals surface area (Å²) in [4.78, 5) is 0. The molecule has 0 aliphatic heterocycles. The molecule has 0 unspecified atom stereocenters. The summed E-state index contributed by atoms with van der Waals surface area (Å²) in [6.07, 6.45) is 5.04. The van der Waals surface area contributed by atoms with Crippen LogP contribution in [0.15, 0.2) is 18.2 Å². The Bertz CT molecular complexity index is 367. The molecule has 0 atom stereocenters. The number of benzene rings is 1. The molecule has 1 aromatic rings. The maximum atomic E-state index is 13.6. The standard InChI is InChI=1S/C15H21FO/c1-11(2)13-7-8-14(16)15(9-13)17-10-12-5-3-4-6-12/h7-9,11-12H,3-6,10H2,1-2H3. The van der Waals surface area contributed by atoms with Gasteiger partial charge in [0, 0.05) is 0 Å². The van der Waals surface area contributed by atoms with Crippen LogP contribution in [0.1, 0.15) is 51.0 Å². The average molecular weight is 236 g/mol. The molecule has 2 heteroatoms. The molecule has 1 aromatic carbocycles. The summed E-state index contributed by atoms with van der Waals surface area (Å²) in [5.74, 6) is 1.21. The van der Waals surface area contributed by atoms with Crippen LogP contribution in [-0.2, 0) is 0 Å². The van der Waals surface area contributed by atoms with Crippen molar-refractivity contribution in [3.8, 4) is 5.75 Å². The van der Waals surface area contributed by atoms with E-state index in [0.717, 1.165) is 5.56 Å². The lowest BCUT2D eigenvalue weighted by Gasteiger charge is -2.14. The van der Waals surface area contributed by atoms with E-state index >= 15 is 0 Å². The van der Waals surface area contributed by atoms with Crippen LogP contribution in [0.4, 0.5) is 4.39 Å². The van der Waals surface area contributed by atoms with Crippen LogP contribution in [0, 0.1) is 11.7 Å². The third-order valence-corrected chi connectivity index (χ3v) is 3.57. The van der Waals surface area contributed by atoms with Gasteiger partial charge in [-0.15, -0.1) is 0 Å². The molecule has 0 spiro atoms. The van der Waals surface area contributed by atoms with Gasteiger partial charge in [0.1, 0.15) is 0 Å². The molecule has 0 amide bonds. The third kappa shape index (κ3) is 3.21. The summed E-state index contributed by atoms with van der Waals surface area (Å²) in [7, 11) is 0. The first kappa shape index (κ1) is 12.4. The van der Waals surface area contributed by atoms with E-state index in [9.17, 15) is 4.39 Å². The van der Waals surface area contributed by atoms with Gasteiger partial charge in [-0.05, 0) is 42.4 Å². The van der Waals surface area contributed by atoms with Gasteiger partial charge in [0.2, 0.25) is 0 Å². The number of hydrogen-bond acceptors (Lipinski definition) is 1. The van der Waals surface area contributed by atoms with Crippen molar-refractivity contribution in [2.24, 2.45) is 5.92 Å². The normalized spacial score (nSPS) is 16.7. The first-order valence-corrected chi connectivity index (χ1v) is 6.59. The molecule has 0 heterocycles. The van der Waals surface area contributed by atoms with E-state index in [2.05, 4.69) is 13.8 Å². The molecular formula is C15H21FO. The number of ether oxygens (including phenoxy) is 1. The van der Waals surface area contributed by atoms with Crippen molar-refractivity contribution in [2.45, 2.75) is 45.4 Å². The minimum Gasteiger partial charge on any atom is -0.490 e. The Morgan fingerprint density at radius 1 is 1.29 bits per heavy atom. The predicted molar refractivity (Wildman–Crippen MR) is 67.9 cm³/mol. The van der Waals surface area contributed by atoms with E-state index < -0.39 is 0 Å². The van der Waals surface area contributed by atoms with Crippen molar-refractivity contribution in [3.05, 3.63) is 29.6 Å². The summed E-state index contributed by atoms with van der Waals surface area (Å²) in [5.41, 5.74) is 1.13. The zero-order valence-electron chi connectivity index (χ0n) is 10.7. The largest absolute Gasteiger partial charge is 0.490 e. The molecule has 0 N–H and O–H groups in total. The maximum absolute atomic E-state index is 13.6. The van der Waals surface area contributed by atoms with Crippen molar-refractivity contribution in [2.75, 3.05) is 6.61 Å². The molecule has 1 aliphatic carbocycles. The molecule has 0 radical (unpaired) electrons. The van der Waals surface area contributed by atoms with Gasteiger partial charge >= 0.3 is 0 Å². The lowest BCUT2D eigenvalue weighted by molar-refractivity contribution is 0.242. The quantitative estimate of drug-likeness (QED) is 0.747. The molecule has 1 fully saturated rings. The highest BCUT2D eigenvalue weighted by Gasteiger charge is 2.16. The van der Waals surface area contributed by atoms with Gasteiger partial charge in [-0.2, -0.15) is 0 Å². The lowest BCUT2D eigenvalue weighted by Crippen LogP contribution is -2.09. The van der Waals surface area contributed by atoms with Gasteiger partial charge in [-0.25, -0.2) is 4.39 Å². The Morgan fingerprint density at radius 3 is 2.65 bits per heavy atom. The summed E-state index contributed by atoms with van der Waals surface area (Å²) in [5, 5.41) is 0. The number of rotatable bonds is 4. The Labute approximate surface area is 103 Å². The van der Waals surface area contributed by atoms with Gasteiger partial charge in [-0.1, -0.05) is 32.8 Å². The monoisotopic (exact) mass is 236 g/mol. The lowest BCUT2D eigenvalue weighted by atomic mass is 10.0. The van der Waals surface area contributed by atoms with Crippen LogP contribution >= 0.6 is 0 Å². The SMILES string of the molecule is CC(C)c1ccc(F)c(OCC2CCCC2)c1. The molecule has 94 valence electrons. The fourth-order valence-corrected chi connectivity index (χ4v) is 2.37. The fourth-order valence-electron chi connectivity index (χ4n) is 2.37. The van der Waals surface area contributed by atoms with Crippen LogP contribution in [0.5, 0.6) is 5.75 Å². The highest BCUT2D eigenvalue weighted by atomic mass is 19.1. The smallest absolute Gasteiger partial charge is 0.165 e. The third-order valence-electron chi connectivity index (χ3n) is 3.57. The Kier molecular flexibility index (Phi) is 4.03. The Hall–Kier alpha value is -1.05. The topological polar surface area (TPSA) is 9.23 Å². The van der Waals surface area contributed by atoms with Crippen LogP contribution in [0.3, 0.4) is 0 Å². The van der Waals surface area contributed by atoms with Gasteiger partial charge < -0.3 is 4.74 Å². The van der Waals surface area contributed by atoms with Crippen LogP contribution in [0.25, 0.3) is 0 Å². The summed E-state index contributed by atoms with van der Waals surface area (Å²) in [6.45, 7) is 4.88. The molecule has 0 saturated heterocycles. The molecule has 1 aliphatic rings. The molecule has 1 saturated carbocycles. The van der Waals surface area contributed by atoms with Crippen LogP contribution in [0.2, 0.25) is 0 Å². The van der Waals surface area contributed by atoms with Gasteiger partial charge in [0.15, 0.2) is 11.6 Å². The zero-order chi connectivity index (χ0) is 12.3. The predicted octanol–water partition coefficient (Wildman–Crippen LogP) is 4.52. The summed E-state index contributed by atoms with van der Waals surface area (Å²) in [6, 6.07) is 5.19. The van der Waals surface area contributed by atoms with Gasteiger partial charge in [0.25, 0.3) is 0 Å². The molecule has 0 aromatic heterocycles. The fraction of sp³-hybridized carbons (Fsp3) is 0.600. The van der Waals surface area contributed by atoms with Crippen molar-refractivity contribution >= 4 is 0 Å². The second-order valence-electron chi connectivity index (χ2n) is 5.31. The Balaban J connectivity index is 2.00. The van der Waals surface area contributed by atoms with Crippen molar-refractivity contribution in [3.63, 3.8) is 0 Å². The number of halogens is 1.